The number of aryl methyl sites for hydroxylation is 1. The molecule has 0 atom stereocenters. The van der Waals surface area contributed by atoms with Crippen molar-refractivity contribution in [3.8, 4) is 0 Å². The van der Waals surface area contributed by atoms with Crippen LogP contribution < -0.4 is 16.2 Å². The second-order valence-electron chi connectivity index (χ2n) is 7.36. The van der Waals surface area contributed by atoms with Gasteiger partial charge < -0.3 is 15.2 Å². The van der Waals surface area contributed by atoms with Crippen molar-refractivity contribution in [3.05, 3.63) is 64.7 Å². The molecule has 0 aliphatic heterocycles. The molecule has 4 aromatic rings. The topological polar surface area (TPSA) is 91.8 Å². The van der Waals surface area contributed by atoms with E-state index in [4.69, 9.17) is 0 Å². The molecule has 0 aliphatic carbocycles. The van der Waals surface area contributed by atoms with Gasteiger partial charge in [0.05, 0.1) is 22.8 Å². The number of pyridine rings is 1. The van der Waals surface area contributed by atoms with Gasteiger partial charge in [-0.15, -0.1) is 0 Å². The SMILES string of the molecule is CCc1cc(Nc2cccc3ccn(CC(=O)NCC(F)(F)F)c(=O)c23)cc2cn[nH]c12. The molecule has 0 radical (unpaired) electrons. The second kappa shape index (κ2) is 8.37. The number of anilines is 2. The van der Waals surface area contributed by atoms with E-state index in [1.165, 1.54) is 6.20 Å². The van der Waals surface area contributed by atoms with Crippen molar-refractivity contribution in [2.24, 2.45) is 0 Å². The molecule has 0 aliphatic rings. The monoisotopic (exact) mass is 443 g/mol. The van der Waals surface area contributed by atoms with Gasteiger partial charge in [-0.2, -0.15) is 18.3 Å². The molecule has 2 heterocycles. The molecular weight excluding hydrogens is 423 g/mol. The fraction of sp³-hybridized carbons (Fsp3) is 0.227. The predicted molar refractivity (Wildman–Crippen MR) is 116 cm³/mol. The van der Waals surface area contributed by atoms with Crippen LogP contribution in [0.15, 0.2) is 53.6 Å². The first-order valence-electron chi connectivity index (χ1n) is 9.94. The zero-order valence-electron chi connectivity index (χ0n) is 17.1. The third-order valence-electron chi connectivity index (χ3n) is 5.10. The Balaban J connectivity index is 1.68. The van der Waals surface area contributed by atoms with Crippen LogP contribution in [0, 0.1) is 0 Å². The maximum atomic E-state index is 13.1. The van der Waals surface area contributed by atoms with E-state index in [0.29, 0.717) is 16.5 Å². The zero-order valence-corrected chi connectivity index (χ0v) is 17.1. The normalized spacial score (nSPS) is 11.8. The van der Waals surface area contributed by atoms with Crippen LogP contribution in [0.3, 0.4) is 0 Å². The van der Waals surface area contributed by atoms with E-state index in [1.54, 1.807) is 35.8 Å². The van der Waals surface area contributed by atoms with E-state index in [2.05, 4.69) is 15.5 Å². The molecule has 1 amide bonds. The highest BCUT2D eigenvalue weighted by molar-refractivity contribution is 5.96. The van der Waals surface area contributed by atoms with Gasteiger partial charge in [0.15, 0.2) is 0 Å². The average molecular weight is 443 g/mol. The fourth-order valence-electron chi connectivity index (χ4n) is 3.61. The van der Waals surface area contributed by atoms with Crippen molar-refractivity contribution in [2.45, 2.75) is 26.1 Å². The van der Waals surface area contributed by atoms with E-state index in [0.717, 1.165) is 33.1 Å². The minimum Gasteiger partial charge on any atom is -0.355 e. The summed E-state index contributed by atoms with van der Waals surface area (Å²) in [6.07, 6.45) is -0.623. The van der Waals surface area contributed by atoms with E-state index in [9.17, 15) is 22.8 Å². The number of rotatable bonds is 6. The number of carbonyl (C=O) groups is 1. The Morgan fingerprint density at radius 3 is 2.75 bits per heavy atom. The molecule has 0 saturated carbocycles. The number of hydrogen-bond donors (Lipinski definition) is 3. The number of alkyl halides is 3. The highest BCUT2D eigenvalue weighted by Gasteiger charge is 2.27. The first-order chi connectivity index (χ1) is 15.2. The van der Waals surface area contributed by atoms with E-state index in [-0.39, 0.29) is 0 Å². The van der Waals surface area contributed by atoms with Crippen LogP contribution in [0.2, 0.25) is 0 Å². The molecule has 2 aromatic carbocycles. The summed E-state index contributed by atoms with van der Waals surface area (Å²) in [4.78, 5) is 25.0. The second-order valence-corrected chi connectivity index (χ2v) is 7.36. The zero-order chi connectivity index (χ0) is 22.9. The number of aromatic amines is 1. The maximum absolute atomic E-state index is 13.1. The van der Waals surface area contributed by atoms with Gasteiger partial charge >= 0.3 is 6.18 Å². The van der Waals surface area contributed by atoms with Gasteiger partial charge in [0, 0.05) is 17.3 Å². The molecule has 0 bridgehead atoms. The summed E-state index contributed by atoms with van der Waals surface area (Å²) >= 11 is 0. The summed E-state index contributed by atoms with van der Waals surface area (Å²) < 4.78 is 38.1. The Labute approximate surface area is 180 Å². The van der Waals surface area contributed by atoms with Crippen LogP contribution in [0.1, 0.15) is 12.5 Å². The third kappa shape index (κ3) is 4.43. The number of halogens is 3. The molecule has 166 valence electrons. The van der Waals surface area contributed by atoms with Crippen molar-refractivity contribution in [2.75, 3.05) is 11.9 Å². The molecule has 0 fully saturated rings. The van der Waals surface area contributed by atoms with Gasteiger partial charge in [0.2, 0.25) is 5.91 Å². The summed E-state index contributed by atoms with van der Waals surface area (Å²) in [6.45, 7) is 0.0666. The summed E-state index contributed by atoms with van der Waals surface area (Å²) in [7, 11) is 0. The lowest BCUT2D eigenvalue weighted by atomic mass is 10.1. The Hall–Kier alpha value is -3.82. The van der Waals surface area contributed by atoms with Gasteiger partial charge in [0.1, 0.15) is 13.1 Å². The number of nitrogens with one attached hydrogen (secondary N) is 3. The molecule has 2 aromatic heterocycles. The number of carbonyl (C=O) groups excluding carboxylic acids is 1. The third-order valence-corrected chi connectivity index (χ3v) is 5.10. The highest BCUT2D eigenvalue weighted by Crippen LogP contribution is 2.28. The van der Waals surface area contributed by atoms with Crippen LogP contribution in [0.25, 0.3) is 21.7 Å². The minimum atomic E-state index is -4.52. The summed E-state index contributed by atoms with van der Waals surface area (Å²) in [5, 5.41) is 14.0. The summed E-state index contributed by atoms with van der Waals surface area (Å²) in [5.41, 5.74) is 2.82. The van der Waals surface area contributed by atoms with Crippen molar-refractivity contribution in [3.63, 3.8) is 0 Å². The number of benzene rings is 2. The quantitative estimate of drug-likeness (QED) is 0.422. The Bertz CT molecular complexity index is 1360. The Morgan fingerprint density at radius 2 is 2.00 bits per heavy atom. The van der Waals surface area contributed by atoms with Crippen LogP contribution in [0.5, 0.6) is 0 Å². The van der Waals surface area contributed by atoms with E-state index in [1.807, 2.05) is 19.1 Å². The van der Waals surface area contributed by atoms with Gasteiger partial charge in [-0.3, -0.25) is 14.7 Å². The van der Waals surface area contributed by atoms with Gasteiger partial charge in [-0.05, 0) is 41.6 Å². The maximum Gasteiger partial charge on any atom is 0.405 e. The molecule has 7 nitrogen and oxygen atoms in total. The molecule has 0 spiro atoms. The lowest BCUT2D eigenvalue weighted by Crippen LogP contribution is -2.37. The summed E-state index contributed by atoms with van der Waals surface area (Å²) in [5.74, 6) is -0.896. The highest BCUT2D eigenvalue weighted by atomic mass is 19.4. The fourth-order valence-corrected chi connectivity index (χ4v) is 3.61. The molecule has 3 N–H and O–H groups in total. The van der Waals surface area contributed by atoms with Crippen molar-refractivity contribution < 1.29 is 18.0 Å². The van der Waals surface area contributed by atoms with Gasteiger partial charge in [-0.1, -0.05) is 19.1 Å². The van der Waals surface area contributed by atoms with Crippen LogP contribution in [-0.2, 0) is 17.8 Å². The lowest BCUT2D eigenvalue weighted by Gasteiger charge is -2.13. The molecule has 32 heavy (non-hydrogen) atoms. The smallest absolute Gasteiger partial charge is 0.355 e. The average Bonchev–Trinajstić information content (AvgIpc) is 3.22. The van der Waals surface area contributed by atoms with E-state index >= 15 is 0 Å². The van der Waals surface area contributed by atoms with Crippen molar-refractivity contribution in [1.29, 1.82) is 0 Å². The van der Waals surface area contributed by atoms with Crippen LogP contribution in [0.4, 0.5) is 24.5 Å². The number of hydrogen-bond acceptors (Lipinski definition) is 4. The van der Waals surface area contributed by atoms with Gasteiger partial charge in [-0.25, -0.2) is 0 Å². The number of nitrogens with zero attached hydrogens (tertiary/aromatic N) is 2. The first-order valence-corrected chi connectivity index (χ1v) is 9.94. The Kier molecular flexibility index (Phi) is 5.60. The number of H-pyrrole nitrogens is 1. The minimum absolute atomic E-state index is 0.337. The molecular formula is C22H20F3N5O2. The molecule has 0 saturated heterocycles. The Morgan fingerprint density at radius 1 is 1.19 bits per heavy atom. The molecule has 4 rings (SSSR count). The molecule has 10 heteroatoms. The standard InChI is InChI=1S/C22H20F3N5O2/c1-2-13-8-16(9-15-10-27-29-20(13)15)28-17-5-3-4-14-6-7-30(21(32)19(14)17)11-18(31)26-12-22(23,24)25/h3-10,28H,2,11-12H2,1H3,(H,26,31)(H,27,29). The van der Waals surface area contributed by atoms with Crippen molar-refractivity contribution >= 4 is 39.0 Å². The largest absolute Gasteiger partial charge is 0.405 e. The van der Waals surface area contributed by atoms with Gasteiger partial charge in [0.25, 0.3) is 5.56 Å². The van der Waals surface area contributed by atoms with E-state index < -0.39 is 30.7 Å². The van der Waals surface area contributed by atoms with Crippen LogP contribution in [-0.4, -0.2) is 33.4 Å². The predicted octanol–water partition coefficient (Wildman–Crippen LogP) is 3.86. The number of amides is 1. The lowest BCUT2D eigenvalue weighted by molar-refractivity contribution is -0.138. The van der Waals surface area contributed by atoms with Crippen LogP contribution >= 0.6 is 0 Å². The summed E-state index contributed by atoms with van der Waals surface area (Å²) in [6, 6.07) is 10.8. The number of aromatic nitrogens is 3. The molecule has 0 unspecified atom stereocenters. The van der Waals surface area contributed by atoms with Crippen molar-refractivity contribution in [1.82, 2.24) is 20.1 Å². The number of fused-ring (bicyclic) bond motifs is 2. The first kappa shape index (κ1) is 21.4.